The number of ether oxygens (including phenoxy) is 1. The van der Waals surface area contributed by atoms with E-state index in [2.05, 4.69) is 30.8 Å². The SMILES string of the molecule is CC(CN1CCOCC1)NC(=O)c1[nH]cnc1C(=O)Nc1ccc(NC(=O)c2ccc(F)cc2)cc1. The number of nitrogens with zero attached hydrogens (tertiary/aromatic N) is 2. The van der Waals surface area contributed by atoms with Crippen molar-refractivity contribution in [2.24, 2.45) is 0 Å². The van der Waals surface area contributed by atoms with Crippen molar-refractivity contribution in [2.45, 2.75) is 13.0 Å². The maximum Gasteiger partial charge on any atom is 0.276 e. The summed E-state index contributed by atoms with van der Waals surface area (Å²) in [5.41, 5.74) is 1.31. The van der Waals surface area contributed by atoms with Gasteiger partial charge >= 0.3 is 0 Å². The van der Waals surface area contributed by atoms with E-state index in [-0.39, 0.29) is 23.3 Å². The minimum absolute atomic E-state index is 0.0280. The molecule has 0 aliphatic carbocycles. The van der Waals surface area contributed by atoms with Crippen LogP contribution in [0.4, 0.5) is 15.8 Å². The number of anilines is 2. The van der Waals surface area contributed by atoms with Crippen molar-refractivity contribution in [2.75, 3.05) is 43.5 Å². The van der Waals surface area contributed by atoms with Crippen LogP contribution in [0.5, 0.6) is 0 Å². The number of benzene rings is 2. The summed E-state index contributed by atoms with van der Waals surface area (Å²) in [6.07, 6.45) is 1.30. The van der Waals surface area contributed by atoms with E-state index in [4.69, 9.17) is 4.74 Å². The first-order valence-electron chi connectivity index (χ1n) is 11.5. The standard InChI is InChI=1S/C25H27FN6O4/c1-16(14-32-10-12-36-13-11-32)29-24(34)21-22(28-15-27-21)25(35)31-20-8-6-19(7-9-20)30-23(33)17-2-4-18(26)5-3-17/h2-9,15-16H,10-14H2,1H3,(H,27,28)(H,29,34)(H,30,33)(H,31,35). The highest BCUT2D eigenvalue weighted by Gasteiger charge is 2.23. The Labute approximate surface area is 207 Å². The first-order chi connectivity index (χ1) is 17.4. The third-order valence-corrected chi connectivity index (χ3v) is 5.60. The number of imidazole rings is 1. The summed E-state index contributed by atoms with van der Waals surface area (Å²) in [6.45, 7) is 5.55. The van der Waals surface area contributed by atoms with Gasteiger partial charge in [0.1, 0.15) is 11.5 Å². The van der Waals surface area contributed by atoms with Gasteiger partial charge in [-0.25, -0.2) is 9.37 Å². The van der Waals surface area contributed by atoms with Gasteiger partial charge in [-0.15, -0.1) is 0 Å². The summed E-state index contributed by atoms with van der Waals surface area (Å²) in [5, 5.41) is 8.30. The number of morpholine rings is 1. The summed E-state index contributed by atoms with van der Waals surface area (Å²) in [6, 6.07) is 11.5. The monoisotopic (exact) mass is 494 g/mol. The lowest BCUT2D eigenvalue weighted by atomic mass is 10.2. The molecule has 1 unspecified atom stereocenters. The van der Waals surface area contributed by atoms with Gasteiger partial charge in [-0.2, -0.15) is 0 Å². The van der Waals surface area contributed by atoms with Crippen LogP contribution >= 0.6 is 0 Å². The molecule has 1 aromatic heterocycles. The number of aromatic amines is 1. The number of hydrogen-bond donors (Lipinski definition) is 4. The molecule has 1 aliphatic heterocycles. The second-order valence-electron chi connectivity index (χ2n) is 8.41. The number of H-pyrrole nitrogens is 1. The molecule has 4 N–H and O–H groups in total. The van der Waals surface area contributed by atoms with Gasteiger partial charge in [-0.1, -0.05) is 0 Å². The lowest BCUT2D eigenvalue weighted by Gasteiger charge is -2.29. The summed E-state index contributed by atoms with van der Waals surface area (Å²) >= 11 is 0. The van der Waals surface area contributed by atoms with E-state index in [0.29, 0.717) is 36.7 Å². The zero-order valence-electron chi connectivity index (χ0n) is 19.7. The summed E-state index contributed by atoms with van der Waals surface area (Å²) in [7, 11) is 0. The molecule has 0 saturated carbocycles. The smallest absolute Gasteiger partial charge is 0.276 e. The van der Waals surface area contributed by atoms with Crippen LogP contribution in [0.2, 0.25) is 0 Å². The number of amides is 3. The molecule has 36 heavy (non-hydrogen) atoms. The minimum atomic E-state index is -0.551. The Kier molecular flexibility index (Phi) is 8.03. The van der Waals surface area contributed by atoms with Crippen molar-refractivity contribution < 1.29 is 23.5 Å². The lowest BCUT2D eigenvalue weighted by Crippen LogP contribution is -2.46. The lowest BCUT2D eigenvalue weighted by molar-refractivity contribution is 0.0342. The van der Waals surface area contributed by atoms with E-state index < -0.39 is 17.6 Å². The topological polar surface area (TPSA) is 128 Å². The molecule has 11 heteroatoms. The molecule has 2 heterocycles. The molecule has 1 saturated heterocycles. The van der Waals surface area contributed by atoms with Crippen LogP contribution in [0.25, 0.3) is 0 Å². The third-order valence-electron chi connectivity index (χ3n) is 5.60. The Morgan fingerprint density at radius 2 is 1.58 bits per heavy atom. The summed E-state index contributed by atoms with van der Waals surface area (Å²) < 4.78 is 18.4. The van der Waals surface area contributed by atoms with Crippen molar-refractivity contribution in [3.05, 3.63) is 77.6 Å². The Bertz CT molecular complexity index is 1210. The quantitative estimate of drug-likeness (QED) is 0.381. The van der Waals surface area contributed by atoms with E-state index in [1.165, 1.54) is 30.6 Å². The first-order valence-corrected chi connectivity index (χ1v) is 11.5. The number of carbonyl (C=O) groups excluding carboxylic acids is 3. The molecule has 0 spiro atoms. The Morgan fingerprint density at radius 3 is 2.22 bits per heavy atom. The highest BCUT2D eigenvalue weighted by atomic mass is 19.1. The summed E-state index contributed by atoms with van der Waals surface area (Å²) in [5.74, 6) is -1.78. The fourth-order valence-corrected chi connectivity index (χ4v) is 3.78. The molecule has 0 radical (unpaired) electrons. The van der Waals surface area contributed by atoms with Crippen LogP contribution in [0.15, 0.2) is 54.9 Å². The van der Waals surface area contributed by atoms with Crippen LogP contribution in [-0.4, -0.2) is 71.5 Å². The van der Waals surface area contributed by atoms with Crippen LogP contribution in [0.3, 0.4) is 0 Å². The van der Waals surface area contributed by atoms with Gasteiger partial charge in [-0.3, -0.25) is 19.3 Å². The van der Waals surface area contributed by atoms with Gasteiger partial charge in [0.25, 0.3) is 17.7 Å². The van der Waals surface area contributed by atoms with Crippen LogP contribution in [-0.2, 0) is 4.74 Å². The van der Waals surface area contributed by atoms with E-state index in [1.54, 1.807) is 24.3 Å². The number of carbonyl (C=O) groups is 3. The molecule has 0 bridgehead atoms. The zero-order chi connectivity index (χ0) is 25.5. The predicted molar refractivity (Wildman–Crippen MR) is 132 cm³/mol. The zero-order valence-corrected chi connectivity index (χ0v) is 19.7. The van der Waals surface area contributed by atoms with Gasteiger partial charge in [0, 0.05) is 42.6 Å². The molecule has 2 aromatic carbocycles. The maximum atomic E-state index is 13.0. The fraction of sp³-hybridized carbons (Fsp3) is 0.280. The van der Waals surface area contributed by atoms with Crippen molar-refractivity contribution in [3.63, 3.8) is 0 Å². The average Bonchev–Trinajstić information content (AvgIpc) is 3.37. The van der Waals surface area contributed by atoms with E-state index in [0.717, 1.165) is 13.1 Å². The molecular weight excluding hydrogens is 467 g/mol. The molecule has 4 rings (SSSR count). The Morgan fingerprint density at radius 1 is 0.972 bits per heavy atom. The molecule has 188 valence electrons. The third kappa shape index (κ3) is 6.52. The maximum absolute atomic E-state index is 13.0. The molecule has 3 amide bonds. The minimum Gasteiger partial charge on any atom is -0.379 e. The highest BCUT2D eigenvalue weighted by molar-refractivity contribution is 6.10. The predicted octanol–water partition coefficient (Wildman–Crippen LogP) is 2.50. The second-order valence-corrected chi connectivity index (χ2v) is 8.41. The molecule has 10 nitrogen and oxygen atoms in total. The Hall–Kier alpha value is -4.09. The number of nitrogens with one attached hydrogen (secondary N) is 4. The van der Waals surface area contributed by atoms with Crippen molar-refractivity contribution in [1.82, 2.24) is 20.2 Å². The van der Waals surface area contributed by atoms with Crippen molar-refractivity contribution >= 4 is 29.1 Å². The van der Waals surface area contributed by atoms with Crippen molar-refractivity contribution in [1.29, 1.82) is 0 Å². The van der Waals surface area contributed by atoms with Gasteiger partial charge in [-0.05, 0) is 55.5 Å². The number of rotatable bonds is 8. The number of hydrogen-bond acceptors (Lipinski definition) is 6. The average molecular weight is 495 g/mol. The molecular formula is C25H27FN6O4. The molecule has 3 aromatic rings. The van der Waals surface area contributed by atoms with E-state index in [1.807, 2.05) is 6.92 Å². The van der Waals surface area contributed by atoms with Crippen LogP contribution < -0.4 is 16.0 Å². The molecule has 1 aliphatic rings. The van der Waals surface area contributed by atoms with Gasteiger partial charge in [0.15, 0.2) is 5.69 Å². The molecule has 1 atom stereocenters. The first kappa shape index (κ1) is 25.0. The normalized spacial score (nSPS) is 14.6. The largest absolute Gasteiger partial charge is 0.379 e. The van der Waals surface area contributed by atoms with Crippen LogP contribution in [0, 0.1) is 5.82 Å². The number of halogens is 1. The van der Waals surface area contributed by atoms with E-state index in [9.17, 15) is 18.8 Å². The van der Waals surface area contributed by atoms with Crippen LogP contribution in [0.1, 0.15) is 38.3 Å². The van der Waals surface area contributed by atoms with Crippen molar-refractivity contribution in [3.8, 4) is 0 Å². The second kappa shape index (κ2) is 11.6. The van der Waals surface area contributed by atoms with E-state index >= 15 is 0 Å². The number of aromatic nitrogens is 2. The van der Waals surface area contributed by atoms with Gasteiger partial charge in [0.05, 0.1) is 19.5 Å². The van der Waals surface area contributed by atoms with Gasteiger partial charge in [0.2, 0.25) is 0 Å². The fourth-order valence-electron chi connectivity index (χ4n) is 3.78. The highest BCUT2D eigenvalue weighted by Crippen LogP contribution is 2.16. The Balaban J connectivity index is 1.32. The molecule has 1 fully saturated rings. The summed E-state index contributed by atoms with van der Waals surface area (Å²) in [4.78, 5) is 46.8. The van der Waals surface area contributed by atoms with Gasteiger partial charge < -0.3 is 25.7 Å².